The zero-order valence-electron chi connectivity index (χ0n) is 11.3. The average Bonchev–Trinajstić information content (AvgIpc) is 2.45. The molecule has 1 aromatic heterocycles. The molecule has 0 aliphatic carbocycles. The van der Waals surface area contributed by atoms with Gasteiger partial charge in [0.05, 0.1) is 0 Å². The van der Waals surface area contributed by atoms with Crippen molar-refractivity contribution in [3.8, 4) is 0 Å². The van der Waals surface area contributed by atoms with E-state index in [0.717, 1.165) is 25.6 Å². The van der Waals surface area contributed by atoms with Crippen LogP contribution in [0.25, 0.3) is 0 Å². The van der Waals surface area contributed by atoms with Crippen molar-refractivity contribution in [3.05, 3.63) is 30.1 Å². The zero-order chi connectivity index (χ0) is 12.6. The molecule has 2 rings (SSSR count). The standard InChI is InChI=1S/C15H24N2O/c1-16-15(11-13-6-9-18-10-7-13)5-4-14-3-2-8-17-12-14/h2-3,8,12-13,15-16H,4-7,9-11H2,1H3. The summed E-state index contributed by atoms with van der Waals surface area (Å²) in [5, 5.41) is 3.46. The molecule has 1 fully saturated rings. The quantitative estimate of drug-likeness (QED) is 0.839. The van der Waals surface area contributed by atoms with Crippen molar-refractivity contribution < 1.29 is 4.74 Å². The predicted octanol–water partition coefficient (Wildman–Crippen LogP) is 2.42. The monoisotopic (exact) mass is 248 g/mol. The molecule has 1 atom stereocenters. The van der Waals surface area contributed by atoms with E-state index < -0.39 is 0 Å². The Morgan fingerprint density at radius 2 is 2.28 bits per heavy atom. The Bertz CT molecular complexity index is 323. The largest absolute Gasteiger partial charge is 0.381 e. The molecule has 1 N–H and O–H groups in total. The van der Waals surface area contributed by atoms with Crippen LogP contribution in [0.1, 0.15) is 31.2 Å². The number of ether oxygens (including phenoxy) is 1. The number of rotatable bonds is 6. The fraction of sp³-hybridized carbons (Fsp3) is 0.667. The normalized spacial score (nSPS) is 18.7. The van der Waals surface area contributed by atoms with Gasteiger partial charge in [-0.3, -0.25) is 4.98 Å². The van der Waals surface area contributed by atoms with E-state index in [1.54, 1.807) is 0 Å². The van der Waals surface area contributed by atoms with Gasteiger partial charge in [0, 0.05) is 31.6 Å². The van der Waals surface area contributed by atoms with E-state index in [1.165, 1.54) is 31.2 Å². The molecule has 3 heteroatoms. The van der Waals surface area contributed by atoms with Crippen molar-refractivity contribution in [2.75, 3.05) is 20.3 Å². The third-order valence-corrected chi connectivity index (χ3v) is 3.87. The number of hydrogen-bond acceptors (Lipinski definition) is 3. The highest BCUT2D eigenvalue weighted by molar-refractivity contribution is 5.08. The third kappa shape index (κ3) is 4.39. The van der Waals surface area contributed by atoms with Crippen molar-refractivity contribution in [3.63, 3.8) is 0 Å². The van der Waals surface area contributed by atoms with E-state index in [4.69, 9.17) is 4.74 Å². The molecule has 0 aromatic carbocycles. The van der Waals surface area contributed by atoms with Crippen LogP contribution < -0.4 is 5.32 Å². The van der Waals surface area contributed by atoms with Gasteiger partial charge in [0.1, 0.15) is 0 Å². The molecule has 0 radical (unpaired) electrons. The van der Waals surface area contributed by atoms with Crippen LogP contribution >= 0.6 is 0 Å². The van der Waals surface area contributed by atoms with Crippen LogP contribution in [0, 0.1) is 5.92 Å². The fourth-order valence-corrected chi connectivity index (χ4v) is 2.65. The number of aromatic nitrogens is 1. The first kappa shape index (κ1) is 13.5. The average molecular weight is 248 g/mol. The Balaban J connectivity index is 1.74. The Morgan fingerprint density at radius 3 is 2.94 bits per heavy atom. The van der Waals surface area contributed by atoms with Crippen LogP contribution in [0.15, 0.2) is 24.5 Å². The van der Waals surface area contributed by atoms with Gasteiger partial charge in [-0.1, -0.05) is 6.07 Å². The maximum absolute atomic E-state index is 5.42. The Kier molecular flexibility index (Phi) is 5.62. The lowest BCUT2D eigenvalue weighted by atomic mass is 9.90. The van der Waals surface area contributed by atoms with Crippen LogP contribution in [0.2, 0.25) is 0 Å². The van der Waals surface area contributed by atoms with Gasteiger partial charge in [-0.2, -0.15) is 0 Å². The number of nitrogens with one attached hydrogen (secondary N) is 1. The van der Waals surface area contributed by atoms with Crippen LogP contribution in [-0.4, -0.2) is 31.3 Å². The van der Waals surface area contributed by atoms with Gasteiger partial charge < -0.3 is 10.1 Å². The second-order valence-corrected chi connectivity index (χ2v) is 5.18. The van der Waals surface area contributed by atoms with E-state index in [2.05, 4.69) is 23.4 Å². The minimum Gasteiger partial charge on any atom is -0.381 e. The van der Waals surface area contributed by atoms with Crippen molar-refractivity contribution in [2.24, 2.45) is 5.92 Å². The minimum absolute atomic E-state index is 0.619. The van der Waals surface area contributed by atoms with Gasteiger partial charge in [-0.25, -0.2) is 0 Å². The zero-order valence-corrected chi connectivity index (χ0v) is 11.3. The van der Waals surface area contributed by atoms with E-state index in [0.29, 0.717) is 6.04 Å². The van der Waals surface area contributed by atoms with Gasteiger partial charge in [0.25, 0.3) is 0 Å². The van der Waals surface area contributed by atoms with Crippen LogP contribution in [-0.2, 0) is 11.2 Å². The first-order chi connectivity index (χ1) is 8.88. The molecule has 0 spiro atoms. The Labute approximate surface area is 110 Å². The number of nitrogens with zero attached hydrogens (tertiary/aromatic N) is 1. The fourth-order valence-electron chi connectivity index (χ4n) is 2.65. The molecule has 1 aliphatic heterocycles. The Hall–Kier alpha value is -0.930. The highest BCUT2D eigenvalue weighted by atomic mass is 16.5. The maximum Gasteiger partial charge on any atom is 0.0468 e. The van der Waals surface area contributed by atoms with Crippen molar-refractivity contribution >= 4 is 0 Å². The summed E-state index contributed by atoms with van der Waals surface area (Å²) in [5.41, 5.74) is 1.34. The smallest absolute Gasteiger partial charge is 0.0468 e. The molecule has 2 heterocycles. The summed E-state index contributed by atoms with van der Waals surface area (Å²) in [6.07, 6.45) is 9.85. The summed E-state index contributed by atoms with van der Waals surface area (Å²) in [7, 11) is 2.08. The second kappa shape index (κ2) is 7.49. The summed E-state index contributed by atoms with van der Waals surface area (Å²) in [5.74, 6) is 0.838. The molecule has 1 saturated heterocycles. The molecule has 0 amide bonds. The summed E-state index contributed by atoms with van der Waals surface area (Å²) < 4.78 is 5.42. The SMILES string of the molecule is CNC(CCc1cccnc1)CC1CCOCC1. The molecule has 18 heavy (non-hydrogen) atoms. The molecule has 100 valence electrons. The van der Waals surface area contributed by atoms with Gasteiger partial charge in [0.2, 0.25) is 0 Å². The van der Waals surface area contributed by atoms with E-state index in [-0.39, 0.29) is 0 Å². The van der Waals surface area contributed by atoms with Crippen molar-refractivity contribution in [1.82, 2.24) is 10.3 Å². The molecule has 0 bridgehead atoms. The van der Waals surface area contributed by atoms with Crippen LogP contribution in [0.4, 0.5) is 0 Å². The predicted molar refractivity (Wildman–Crippen MR) is 73.6 cm³/mol. The second-order valence-electron chi connectivity index (χ2n) is 5.18. The highest BCUT2D eigenvalue weighted by Crippen LogP contribution is 2.21. The summed E-state index contributed by atoms with van der Waals surface area (Å²) in [6, 6.07) is 4.80. The summed E-state index contributed by atoms with van der Waals surface area (Å²) in [6.45, 7) is 1.90. The number of pyridine rings is 1. The number of aryl methyl sites for hydroxylation is 1. The van der Waals surface area contributed by atoms with Crippen LogP contribution in [0.3, 0.4) is 0 Å². The van der Waals surface area contributed by atoms with Gasteiger partial charge in [-0.15, -0.1) is 0 Å². The van der Waals surface area contributed by atoms with Gasteiger partial charge in [-0.05, 0) is 56.7 Å². The number of hydrogen-bond donors (Lipinski definition) is 1. The molecular weight excluding hydrogens is 224 g/mol. The highest BCUT2D eigenvalue weighted by Gasteiger charge is 2.18. The lowest BCUT2D eigenvalue weighted by Crippen LogP contribution is -2.30. The van der Waals surface area contributed by atoms with E-state index >= 15 is 0 Å². The molecule has 3 nitrogen and oxygen atoms in total. The molecular formula is C15H24N2O. The topological polar surface area (TPSA) is 34.2 Å². The minimum atomic E-state index is 0.619. The first-order valence-electron chi connectivity index (χ1n) is 7.02. The summed E-state index contributed by atoms with van der Waals surface area (Å²) in [4.78, 5) is 4.17. The lowest BCUT2D eigenvalue weighted by Gasteiger charge is -2.26. The van der Waals surface area contributed by atoms with Crippen molar-refractivity contribution in [2.45, 2.75) is 38.1 Å². The van der Waals surface area contributed by atoms with Gasteiger partial charge in [0.15, 0.2) is 0 Å². The molecule has 0 saturated carbocycles. The van der Waals surface area contributed by atoms with E-state index in [1.807, 2.05) is 18.5 Å². The van der Waals surface area contributed by atoms with Crippen molar-refractivity contribution in [1.29, 1.82) is 0 Å². The lowest BCUT2D eigenvalue weighted by molar-refractivity contribution is 0.0605. The molecule has 1 aromatic rings. The Morgan fingerprint density at radius 1 is 1.44 bits per heavy atom. The van der Waals surface area contributed by atoms with Gasteiger partial charge >= 0.3 is 0 Å². The third-order valence-electron chi connectivity index (χ3n) is 3.87. The van der Waals surface area contributed by atoms with E-state index in [9.17, 15) is 0 Å². The summed E-state index contributed by atoms with van der Waals surface area (Å²) >= 11 is 0. The van der Waals surface area contributed by atoms with Crippen LogP contribution in [0.5, 0.6) is 0 Å². The maximum atomic E-state index is 5.42. The molecule has 1 aliphatic rings. The molecule has 1 unspecified atom stereocenters. The first-order valence-corrected chi connectivity index (χ1v) is 7.02.